The highest BCUT2D eigenvalue weighted by Crippen LogP contribution is 2.46. The normalized spacial score (nSPS) is 12.0. The van der Waals surface area contributed by atoms with Gasteiger partial charge in [0.05, 0.1) is 0 Å². The van der Waals surface area contributed by atoms with Gasteiger partial charge < -0.3 is 0 Å². The minimum absolute atomic E-state index is 1.02. The van der Waals surface area contributed by atoms with Gasteiger partial charge in [-0.05, 0) is 87.7 Å². The SMILES string of the molecule is CCCCCCCCCCCCc1ccc(-c2ccc3c(c2-c2ccc(CCCCCCCCCCCC)cc2)Cc2ccccc2-3)cc1. The van der Waals surface area contributed by atoms with E-state index in [4.69, 9.17) is 0 Å². The van der Waals surface area contributed by atoms with Crippen LogP contribution in [0.3, 0.4) is 0 Å². The summed E-state index contributed by atoms with van der Waals surface area (Å²) in [6.45, 7) is 4.60. The second-order valence-electron chi connectivity index (χ2n) is 15.1. The lowest BCUT2D eigenvalue weighted by Gasteiger charge is -2.17. The molecule has 0 aromatic heterocycles. The van der Waals surface area contributed by atoms with Gasteiger partial charge in [-0.15, -0.1) is 0 Å². The van der Waals surface area contributed by atoms with Crippen molar-refractivity contribution in [3.63, 3.8) is 0 Å². The number of unbranched alkanes of at least 4 members (excludes halogenated alkanes) is 18. The van der Waals surface area contributed by atoms with Crippen LogP contribution in [0.2, 0.25) is 0 Å². The molecule has 0 heterocycles. The van der Waals surface area contributed by atoms with Crippen LogP contribution in [0.5, 0.6) is 0 Å². The summed E-state index contributed by atoms with van der Waals surface area (Å²) in [7, 11) is 0. The summed E-state index contributed by atoms with van der Waals surface area (Å²) in [5.74, 6) is 0. The largest absolute Gasteiger partial charge is 0.0654 e. The summed E-state index contributed by atoms with van der Waals surface area (Å²) >= 11 is 0. The molecule has 0 amide bonds. The van der Waals surface area contributed by atoms with Gasteiger partial charge in [0, 0.05) is 0 Å². The molecular weight excluding hydrogens is 589 g/mol. The van der Waals surface area contributed by atoms with Gasteiger partial charge in [-0.2, -0.15) is 0 Å². The fourth-order valence-electron chi connectivity index (χ4n) is 8.10. The highest BCUT2D eigenvalue weighted by molar-refractivity contribution is 5.93. The average Bonchev–Trinajstić information content (AvgIpc) is 3.52. The molecule has 4 aromatic rings. The Morgan fingerprint density at radius 3 is 1.31 bits per heavy atom. The molecule has 0 aliphatic heterocycles. The Labute approximate surface area is 301 Å². The van der Waals surface area contributed by atoms with Crippen molar-refractivity contribution >= 4 is 0 Å². The van der Waals surface area contributed by atoms with E-state index in [0.717, 1.165) is 6.42 Å². The fourth-order valence-corrected chi connectivity index (χ4v) is 8.10. The van der Waals surface area contributed by atoms with Crippen LogP contribution in [0.25, 0.3) is 33.4 Å². The molecule has 0 saturated heterocycles. The van der Waals surface area contributed by atoms with Gasteiger partial charge in [0.25, 0.3) is 0 Å². The number of benzene rings is 4. The highest BCUT2D eigenvalue weighted by Gasteiger charge is 2.24. The molecule has 262 valence electrons. The van der Waals surface area contributed by atoms with Crippen LogP contribution >= 0.6 is 0 Å². The summed E-state index contributed by atoms with van der Waals surface area (Å²) < 4.78 is 0. The van der Waals surface area contributed by atoms with Crippen LogP contribution in [-0.4, -0.2) is 0 Å². The molecule has 0 fully saturated rings. The first kappa shape index (κ1) is 37.1. The molecule has 5 rings (SSSR count). The Balaban J connectivity index is 1.18. The van der Waals surface area contributed by atoms with Gasteiger partial charge in [0.15, 0.2) is 0 Å². The molecule has 0 bridgehead atoms. The summed E-state index contributed by atoms with van der Waals surface area (Å²) in [5.41, 5.74) is 14.3. The van der Waals surface area contributed by atoms with E-state index in [0.29, 0.717) is 0 Å². The van der Waals surface area contributed by atoms with E-state index in [1.54, 1.807) is 0 Å². The van der Waals surface area contributed by atoms with E-state index in [1.165, 1.54) is 197 Å². The lowest BCUT2D eigenvalue weighted by atomic mass is 9.87. The van der Waals surface area contributed by atoms with Gasteiger partial charge in [-0.25, -0.2) is 0 Å². The fraction of sp³-hybridized carbons (Fsp3) is 0.510. The van der Waals surface area contributed by atoms with E-state index in [9.17, 15) is 0 Å². The molecule has 1 aliphatic carbocycles. The number of rotatable bonds is 24. The Morgan fingerprint density at radius 1 is 0.367 bits per heavy atom. The number of hydrogen-bond donors (Lipinski definition) is 0. The van der Waals surface area contributed by atoms with Crippen LogP contribution in [0.15, 0.2) is 84.9 Å². The maximum atomic E-state index is 2.41. The third-order valence-electron chi connectivity index (χ3n) is 11.1. The number of fused-ring (bicyclic) bond motifs is 3. The van der Waals surface area contributed by atoms with Crippen LogP contribution < -0.4 is 0 Å². The second-order valence-corrected chi connectivity index (χ2v) is 15.1. The zero-order valence-corrected chi connectivity index (χ0v) is 31.3. The van der Waals surface area contributed by atoms with Gasteiger partial charge in [0.2, 0.25) is 0 Å². The standard InChI is InChI=1S/C49H66/c1-3-5-7-9-11-13-15-17-19-21-25-40-29-33-42(34-30-40)46-37-38-47-45-28-24-23-27-44(45)39-48(47)49(46)43-35-31-41(32-36-43)26-22-20-18-16-14-12-10-8-6-4-2/h23-24,27-38H,3-22,25-26,39H2,1-2H3. The van der Waals surface area contributed by atoms with Crippen molar-refractivity contribution in [3.8, 4) is 33.4 Å². The third-order valence-corrected chi connectivity index (χ3v) is 11.1. The van der Waals surface area contributed by atoms with E-state index in [1.807, 2.05) is 0 Å². The zero-order chi connectivity index (χ0) is 33.9. The summed E-state index contributed by atoms with van der Waals surface area (Å²) in [4.78, 5) is 0. The summed E-state index contributed by atoms with van der Waals surface area (Å²) in [6.07, 6.45) is 31.3. The smallest absolute Gasteiger partial charge is 0.000706 e. The minimum atomic E-state index is 1.02. The maximum Gasteiger partial charge on any atom is -0.000706 e. The zero-order valence-electron chi connectivity index (χ0n) is 31.3. The van der Waals surface area contributed by atoms with Crippen LogP contribution in [-0.2, 0) is 19.3 Å². The van der Waals surface area contributed by atoms with Crippen molar-refractivity contribution in [3.05, 3.63) is 107 Å². The first-order chi connectivity index (χ1) is 24.3. The van der Waals surface area contributed by atoms with Crippen molar-refractivity contribution in [1.29, 1.82) is 0 Å². The second kappa shape index (κ2) is 21.2. The lowest BCUT2D eigenvalue weighted by molar-refractivity contribution is 0.556. The summed E-state index contributed by atoms with van der Waals surface area (Å²) in [5, 5.41) is 0. The van der Waals surface area contributed by atoms with Gasteiger partial charge in [-0.3, -0.25) is 0 Å². The van der Waals surface area contributed by atoms with Crippen LogP contribution in [0.1, 0.15) is 165 Å². The third kappa shape index (κ3) is 11.5. The van der Waals surface area contributed by atoms with Crippen LogP contribution in [0.4, 0.5) is 0 Å². The number of hydrogen-bond acceptors (Lipinski definition) is 0. The van der Waals surface area contributed by atoms with E-state index >= 15 is 0 Å². The molecule has 0 spiro atoms. The van der Waals surface area contributed by atoms with Crippen LogP contribution in [0, 0.1) is 0 Å². The molecule has 4 aromatic carbocycles. The predicted octanol–water partition coefficient (Wildman–Crippen LogP) is 15.5. The summed E-state index contributed by atoms with van der Waals surface area (Å²) in [6, 6.07) is 33.0. The minimum Gasteiger partial charge on any atom is -0.0654 e. The predicted molar refractivity (Wildman–Crippen MR) is 217 cm³/mol. The molecule has 0 saturated carbocycles. The van der Waals surface area contributed by atoms with Gasteiger partial charge in [-0.1, -0.05) is 214 Å². The Bertz CT molecular complexity index is 1490. The van der Waals surface area contributed by atoms with Crippen molar-refractivity contribution in [2.45, 2.75) is 162 Å². The lowest BCUT2D eigenvalue weighted by Crippen LogP contribution is -1.94. The van der Waals surface area contributed by atoms with Crippen molar-refractivity contribution in [2.75, 3.05) is 0 Å². The molecule has 0 unspecified atom stereocenters. The molecule has 49 heavy (non-hydrogen) atoms. The number of aryl methyl sites for hydroxylation is 2. The quantitative estimate of drug-likeness (QED) is 0.0581. The van der Waals surface area contributed by atoms with E-state index in [-0.39, 0.29) is 0 Å². The highest BCUT2D eigenvalue weighted by atomic mass is 14.3. The Kier molecular flexibility index (Phi) is 16.1. The first-order valence-electron chi connectivity index (χ1n) is 20.7. The maximum absolute atomic E-state index is 2.41. The van der Waals surface area contributed by atoms with Crippen molar-refractivity contribution in [2.24, 2.45) is 0 Å². The Morgan fingerprint density at radius 2 is 0.796 bits per heavy atom. The topological polar surface area (TPSA) is 0 Å². The molecule has 0 radical (unpaired) electrons. The van der Waals surface area contributed by atoms with Gasteiger partial charge in [0.1, 0.15) is 0 Å². The van der Waals surface area contributed by atoms with Crippen molar-refractivity contribution < 1.29 is 0 Å². The molecule has 0 nitrogen and oxygen atoms in total. The van der Waals surface area contributed by atoms with Crippen molar-refractivity contribution in [1.82, 2.24) is 0 Å². The van der Waals surface area contributed by atoms with Gasteiger partial charge >= 0.3 is 0 Å². The molecule has 0 heteroatoms. The molecular formula is C49H66. The monoisotopic (exact) mass is 655 g/mol. The van der Waals surface area contributed by atoms with E-state index < -0.39 is 0 Å². The molecule has 0 atom stereocenters. The van der Waals surface area contributed by atoms with E-state index in [2.05, 4.69) is 98.8 Å². The molecule has 1 aliphatic rings. The Hall–Kier alpha value is -3.12. The molecule has 0 N–H and O–H groups in total. The average molecular weight is 655 g/mol. The first-order valence-corrected chi connectivity index (χ1v) is 20.7.